The molecule has 24 heavy (non-hydrogen) atoms. The van der Waals surface area contributed by atoms with Gasteiger partial charge in [0.15, 0.2) is 11.1 Å². The number of anilines is 1. The highest BCUT2D eigenvalue weighted by Crippen LogP contribution is 2.31. The summed E-state index contributed by atoms with van der Waals surface area (Å²) < 4.78 is 5.58. The minimum atomic E-state index is -0.653. The van der Waals surface area contributed by atoms with Crippen LogP contribution in [0, 0.1) is 0 Å². The molecule has 0 saturated heterocycles. The van der Waals surface area contributed by atoms with Crippen molar-refractivity contribution in [2.75, 3.05) is 5.32 Å². The van der Waals surface area contributed by atoms with Crippen molar-refractivity contribution in [3.05, 3.63) is 59.6 Å². The third-order valence-corrected chi connectivity index (χ3v) is 4.39. The summed E-state index contributed by atoms with van der Waals surface area (Å²) in [7, 11) is 0. The average molecular weight is 360 g/mol. The van der Waals surface area contributed by atoms with Crippen molar-refractivity contribution in [3.63, 3.8) is 0 Å². The highest BCUT2D eigenvalue weighted by molar-refractivity contribution is 7.18. The van der Waals surface area contributed by atoms with E-state index in [4.69, 9.17) is 16.3 Å². The predicted molar refractivity (Wildman–Crippen MR) is 95.5 cm³/mol. The minimum absolute atomic E-state index is 0.291. The van der Waals surface area contributed by atoms with Gasteiger partial charge in [0.1, 0.15) is 5.75 Å². The maximum Gasteiger partial charge on any atom is 0.266 e. The standard InChI is InChI=1S/C17H14ClN3O2S/c1-11(23-12-7-3-2-4-8-12)15(22)19-17-21-20-16(24-17)13-9-5-6-10-14(13)18/h2-11H,1H3,(H,19,21,22)/t11-/m0/s1. The van der Waals surface area contributed by atoms with Crippen LogP contribution in [0.2, 0.25) is 5.02 Å². The van der Waals surface area contributed by atoms with E-state index in [0.29, 0.717) is 20.9 Å². The van der Waals surface area contributed by atoms with Gasteiger partial charge in [0.05, 0.1) is 5.02 Å². The molecule has 0 aliphatic carbocycles. The second-order valence-corrected chi connectivity index (χ2v) is 6.34. The zero-order chi connectivity index (χ0) is 16.9. The van der Waals surface area contributed by atoms with Crippen LogP contribution in [0.5, 0.6) is 5.75 Å². The number of para-hydroxylation sites is 1. The number of halogens is 1. The zero-order valence-electron chi connectivity index (χ0n) is 12.8. The van der Waals surface area contributed by atoms with Gasteiger partial charge >= 0.3 is 0 Å². The lowest BCUT2D eigenvalue weighted by atomic mass is 10.2. The third kappa shape index (κ3) is 3.90. The molecule has 122 valence electrons. The lowest BCUT2D eigenvalue weighted by molar-refractivity contribution is -0.122. The Kier molecular flexibility index (Phi) is 5.08. The van der Waals surface area contributed by atoms with E-state index in [2.05, 4.69) is 15.5 Å². The molecule has 0 unspecified atom stereocenters. The Bertz CT molecular complexity index is 839. The van der Waals surface area contributed by atoms with Crippen LogP contribution in [0.1, 0.15) is 6.92 Å². The molecule has 3 aromatic rings. The van der Waals surface area contributed by atoms with Crippen molar-refractivity contribution >= 4 is 34.0 Å². The summed E-state index contributed by atoms with van der Waals surface area (Å²) in [6.07, 6.45) is -0.653. The normalized spacial score (nSPS) is 11.8. The average Bonchev–Trinajstić information content (AvgIpc) is 3.04. The fourth-order valence-corrected chi connectivity index (χ4v) is 3.05. The van der Waals surface area contributed by atoms with Crippen LogP contribution in [0.3, 0.4) is 0 Å². The minimum Gasteiger partial charge on any atom is -0.481 e. The molecule has 1 aromatic heterocycles. The topological polar surface area (TPSA) is 64.1 Å². The number of nitrogens with zero attached hydrogens (tertiary/aromatic N) is 2. The maximum atomic E-state index is 12.2. The number of hydrogen-bond acceptors (Lipinski definition) is 5. The molecule has 0 aliphatic heterocycles. The van der Waals surface area contributed by atoms with Crippen molar-refractivity contribution in [3.8, 4) is 16.3 Å². The van der Waals surface area contributed by atoms with E-state index in [9.17, 15) is 4.79 Å². The van der Waals surface area contributed by atoms with Gasteiger partial charge in [0, 0.05) is 5.56 Å². The van der Waals surface area contributed by atoms with Gasteiger partial charge in [-0.2, -0.15) is 0 Å². The molecular weight excluding hydrogens is 346 g/mol. The van der Waals surface area contributed by atoms with Gasteiger partial charge < -0.3 is 4.74 Å². The first-order valence-corrected chi connectivity index (χ1v) is 8.44. The van der Waals surface area contributed by atoms with Gasteiger partial charge in [-0.15, -0.1) is 10.2 Å². The quantitative estimate of drug-likeness (QED) is 0.739. The van der Waals surface area contributed by atoms with Gasteiger partial charge in [-0.25, -0.2) is 0 Å². The highest BCUT2D eigenvalue weighted by Gasteiger charge is 2.17. The van der Waals surface area contributed by atoms with Crippen LogP contribution in [-0.4, -0.2) is 22.2 Å². The summed E-state index contributed by atoms with van der Waals surface area (Å²) in [5, 5.41) is 12.4. The first kappa shape index (κ1) is 16.4. The van der Waals surface area contributed by atoms with Crippen LogP contribution < -0.4 is 10.1 Å². The van der Waals surface area contributed by atoms with Crippen LogP contribution in [0.4, 0.5) is 5.13 Å². The summed E-state index contributed by atoms with van der Waals surface area (Å²) in [6.45, 7) is 1.68. The second kappa shape index (κ2) is 7.42. The number of carbonyl (C=O) groups is 1. The molecular formula is C17H14ClN3O2S. The number of aromatic nitrogens is 2. The molecule has 0 aliphatic rings. The van der Waals surface area contributed by atoms with Crippen LogP contribution in [0.15, 0.2) is 54.6 Å². The predicted octanol–water partition coefficient (Wildman–Crippen LogP) is 4.26. The lowest BCUT2D eigenvalue weighted by Gasteiger charge is -2.13. The Balaban J connectivity index is 1.66. The molecule has 0 spiro atoms. The Hall–Kier alpha value is -2.44. The maximum absolute atomic E-state index is 12.2. The summed E-state index contributed by atoms with van der Waals surface area (Å²) in [5.41, 5.74) is 0.783. The number of carbonyl (C=O) groups excluding carboxylic acids is 1. The van der Waals surface area contributed by atoms with E-state index >= 15 is 0 Å². The van der Waals surface area contributed by atoms with E-state index in [1.807, 2.05) is 36.4 Å². The molecule has 0 fully saturated rings. The highest BCUT2D eigenvalue weighted by atomic mass is 35.5. The summed E-state index contributed by atoms with van der Waals surface area (Å²) in [5.74, 6) is 0.342. The van der Waals surface area contributed by atoms with E-state index in [1.54, 1.807) is 25.1 Å². The van der Waals surface area contributed by atoms with Crippen LogP contribution in [0.25, 0.3) is 10.6 Å². The molecule has 7 heteroatoms. The first-order valence-electron chi connectivity index (χ1n) is 7.24. The Morgan fingerprint density at radius 1 is 1.12 bits per heavy atom. The van der Waals surface area contributed by atoms with Crippen molar-refractivity contribution < 1.29 is 9.53 Å². The van der Waals surface area contributed by atoms with Gasteiger partial charge in [-0.05, 0) is 25.1 Å². The van der Waals surface area contributed by atoms with E-state index in [-0.39, 0.29) is 5.91 Å². The number of hydrogen-bond donors (Lipinski definition) is 1. The number of benzene rings is 2. The fourth-order valence-electron chi connectivity index (χ4n) is 1.98. The largest absolute Gasteiger partial charge is 0.481 e. The van der Waals surface area contributed by atoms with Crippen molar-refractivity contribution in [2.45, 2.75) is 13.0 Å². The van der Waals surface area contributed by atoms with E-state index < -0.39 is 6.10 Å². The van der Waals surface area contributed by atoms with E-state index in [0.717, 1.165) is 5.56 Å². The van der Waals surface area contributed by atoms with Crippen molar-refractivity contribution in [1.82, 2.24) is 10.2 Å². The molecule has 0 bridgehead atoms. The molecule has 1 atom stereocenters. The number of ether oxygens (including phenoxy) is 1. The monoisotopic (exact) mass is 359 g/mol. The molecule has 1 N–H and O–H groups in total. The lowest BCUT2D eigenvalue weighted by Crippen LogP contribution is -2.30. The van der Waals surface area contributed by atoms with Crippen LogP contribution >= 0.6 is 22.9 Å². The molecule has 5 nitrogen and oxygen atoms in total. The number of rotatable bonds is 5. The smallest absolute Gasteiger partial charge is 0.266 e. The third-order valence-electron chi connectivity index (χ3n) is 3.18. The molecule has 0 saturated carbocycles. The molecule has 0 radical (unpaired) electrons. The SMILES string of the molecule is C[C@H](Oc1ccccc1)C(=O)Nc1nnc(-c2ccccc2Cl)s1. The van der Waals surface area contributed by atoms with Crippen LogP contribution in [-0.2, 0) is 4.79 Å². The zero-order valence-corrected chi connectivity index (χ0v) is 14.3. The van der Waals surface area contributed by atoms with Gasteiger partial charge in [0.25, 0.3) is 5.91 Å². The Labute approximate surface area is 148 Å². The second-order valence-electron chi connectivity index (χ2n) is 4.95. The van der Waals surface area contributed by atoms with Gasteiger partial charge in [-0.3, -0.25) is 10.1 Å². The Morgan fingerprint density at radius 3 is 2.58 bits per heavy atom. The summed E-state index contributed by atoms with van der Waals surface area (Å²) >= 11 is 7.40. The van der Waals surface area contributed by atoms with E-state index in [1.165, 1.54) is 11.3 Å². The molecule has 1 amide bonds. The van der Waals surface area contributed by atoms with Crippen molar-refractivity contribution in [2.24, 2.45) is 0 Å². The molecule has 1 heterocycles. The molecule has 3 rings (SSSR count). The summed E-state index contributed by atoms with van der Waals surface area (Å²) in [6, 6.07) is 16.5. The number of nitrogens with one attached hydrogen (secondary N) is 1. The molecule has 2 aromatic carbocycles. The van der Waals surface area contributed by atoms with Gasteiger partial charge in [-0.1, -0.05) is 59.3 Å². The Morgan fingerprint density at radius 2 is 1.83 bits per heavy atom. The first-order chi connectivity index (χ1) is 11.6. The van der Waals surface area contributed by atoms with Gasteiger partial charge in [0.2, 0.25) is 5.13 Å². The van der Waals surface area contributed by atoms with Crippen molar-refractivity contribution in [1.29, 1.82) is 0 Å². The fraction of sp³-hybridized carbons (Fsp3) is 0.118. The number of amides is 1. The summed E-state index contributed by atoms with van der Waals surface area (Å²) in [4.78, 5) is 12.2.